The minimum Gasteiger partial charge on any atom is -0.368 e. The van der Waals surface area contributed by atoms with E-state index in [1.165, 1.54) is 24.3 Å². The number of carbonyl (C=O) groups is 1. The zero-order valence-corrected chi connectivity index (χ0v) is 16.3. The van der Waals surface area contributed by atoms with Gasteiger partial charge in [-0.05, 0) is 30.7 Å². The number of carbonyl (C=O) groups excluding carboxylic acids is 1. The highest BCUT2D eigenvalue weighted by Crippen LogP contribution is 2.25. The summed E-state index contributed by atoms with van der Waals surface area (Å²) in [7, 11) is 1.75. The summed E-state index contributed by atoms with van der Waals surface area (Å²) < 4.78 is 0. The first-order chi connectivity index (χ1) is 12.8. The monoisotopic (exact) mass is 375 g/mol. The molecule has 2 heterocycles. The van der Waals surface area contributed by atoms with Crippen LogP contribution in [0.5, 0.6) is 0 Å². The van der Waals surface area contributed by atoms with Crippen LogP contribution in [0.4, 0.5) is 5.69 Å². The van der Waals surface area contributed by atoms with Gasteiger partial charge in [0.1, 0.15) is 0 Å². The van der Waals surface area contributed by atoms with E-state index in [1.54, 1.807) is 7.05 Å². The predicted octanol–water partition coefficient (Wildman–Crippen LogP) is 1.40. The van der Waals surface area contributed by atoms with Crippen LogP contribution in [-0.2, 0) is 4.79 Å². The van der Waals surface area contributed by atoms with Crippen LogP contribution < -0.4 is 15.5 Å². The first-order valence-corrected chi connectivity index (χ1v) is 10.4. The number of para-hydroxylation sites is 1. The molecule has 1 aromatic carbocycles. The summed E-state index contributed by atoms with van der Waals surface area (Å²) in [6.07, 6.45) is 2.57. The van der Waals surface area contributed by atoms with Crippen molar-refractivity contribution in [3.05, 3.63) is 30.3 Å². The Morgan fingerprint density at radius 2 is 1.96 bits per heavy atom. The third-order valence-corrected chi connectivity index (χ3v) is 6.30. The van der Waals surface area contributed by atoms with Gasteiger partial charge in [0.25, 0.3) is 0 Å². The van der Waals surface area contributed by atoms with E-state index in [2.05, 4.69) is 44.8 Å². The standard InChI is InChI=1S/C19H29N5OS/c1-20-19(21-14-17-8-5-13-26-17)22-15-18(25)24-11-9-23(10-12-24)16-6-3-2-4-7-16/h2-4,6-7,17H,5,8-15H2,1H3,(H2,20,21,22). The number of hydrogen-bond donors (Lipinski definition) is 2. The second-order valence-electron chi connectivity index (χ2n) is 6.65. The predicted molar refractivity (Wildman–Crippen MR) is 110 cm³/mol. The highest BCUT2D eigenvalue weighted by atomic mass is 32.2. The van der Waals surface area contributed by atoms with Gasteiger partial charge in [-0.15, -0.1) is 0 Å². The highest BCUT2D eigenvalue weighted by Gasteiger charge is 2.21. The maximum atomic E-state index is 12.5. The number of benzene rings is 1. The summed E-state index contributed by atoms with van der Waals surface area (Å²) in [6, 6.07) is 10.4. The molecule has 142 valence electrons. The van der Waals surface area contributed by atoms with Crippen molar-refractivity contribution in [2.45, 2.75) is 18.1 Å². The van der Waals surface area contributed by atoms with E-state index in [0.717, 1.165) is 32.7 Å². The zero-order valence-electron chi connectivity index (χ0n) is 15.5. The Kier molecular flexibility index (Phi) is 7.05. The summed E-state index contributed by atoms with van der Waals surface area (Å²) in [5.41, 5.74) is 1.23. The molecule has 0 spiro atoms. The number of hydrogen-bond acceptors (Lipinski definition) is 4. The molecule has 0 saturated carbocycles. The first kappa shape index (κ1) is 18.9. The van der Waals surface area contributed by atoms with Crippen molar-refractivity contribution < 1.29 is 4.79 Å². The van der Waals surface area contributed by atoms with Crippen molar-refractivity contribution in [3.8, 4) is 0 Å². The summed E-state index contributed by atoms with van der Waals surface area (Å²) in [5, 5.41) is 7.16. The minimum atomic E-state index is 0.135. The quantitative estimate of drug-likeness (QED) is 0.602. The van der Waals surface area contributed by atoms with Gasteiger partial charge in [0, 0.05) is 50.7 Å². The summed E-state index contributed by atoms with van der Waals surface area (Å²) in [6.45, 7) is 4.49. The number of nitrogens with one attached hydrogen (secondary N) is 2. The third-order valence-electron chi connectivity index (χ3n) is 4.91. The number of thioether (sulfide) groups is 1. The third kappa shape index (κ3) is 5.30. The Hall–Kier alpha value is -1.89. The molecule has 2 saturated heterocycles. The number of piperazine rings is 1. The molecule has 6 nitrogen and oxygen atoms in total. The molecule has 2 aliphatic rings. The number of anilines is 1. The van der Waals surface area contributed by atoms with Crippen LogP contribution in [0.3, 0.4) is 0 Å². The summed E-state index contributed by atoms with van der Waals surface area (Å²) in [4.78, 5) is 21.0. The van der Waals surface area contributed by atoms with Gasteiger partial charge in [-0.2, -0.15) is 11.8 Å². The topological polar surface area (TPSA) is 60.0 Å². The van der Waals surface area contributed by atoms with Gasteiger partial charge >= 0.3 is 0 Å². The van der Waals surface area contributed by atoms with E-state index < -0.39 is 0 Å². The van der Waals surface area contributed by atoms with Gasteiger partial charge in [-0.25, -0.2) is 0 Å². The van der Waals surface area contributed by atoms with Crippen LogP contribution in [0.15, 0.2) is 35.3 Å². The number of rotatable bonds is 5. The van der Waals surface area contributed by atoms with Gasteiger partial charge in [0.2, 0.25) is 5.91 Å². The SMILES string of the molecule is CN=C(NCC(=O)N1CCN(c2ccccc2)CC1)NCC1CCCS1. The molecule has 2 fully saturated rings. The minimum absolute atomic E-state index is 0.135. The van der Waals surface area contributed by atoms with Gasteiger partial charge in [-0.1, -0.05) is 18.2 Å². The van der Waals surface area contributed by atoms with Crippen LogP contribution in [-0.4, -0.2) is 74.1 Å². The fourth-order valence-corrected chi connectivity index (χ4v) is 4.56. The largest absolute Gasteiger partial charge is 0.368 e. The number of amides is 1. The van der Waals surface area contributed by atoms with Crippen molar-refractivity contribution >= 4 is 29.3 Å². The molecule has 0 aromatic heterocycles. The Labute approximate surface area is 160 Å². The molecule has 2 aliphatic heterocycles. The van der Waals surface area contributed by atoms with E-state index in [-0.39, 0.29) is 5.91 Å². The molecule has 1 atom stereocenters. The second kappa shape index (κ2) is 9.71. The molecule has 26 heavy (non-hydrogen) atoms. The summed E-state index contributed by atoms with van der Waals surface area (Å²) >= 11 is 2.02. The number of guanidine groups is 1. The highest BCUT2D eigenvalue weighted by molar-refractivity contribution is 8.00. The van der Waals surface area contributed by atoms with E-state index >= 15 is 0 Å². The molecule has 0 bridgehead atoms. The molecule has 1 unspecified atom stereocenters. The Bertz CT molecular complexity index is 595. The lowest BCUT2D eigenvalue weighted by Crippen LogP contribution is -2.52. The summed E-state index contributed by atoms with van der Waals surface area (Å²) in [5.74, 6) is 2.11. The molecule has 1 amide bonds. The van der Waals surface area contributed by atoms with Crippen molar-refractivity contribution in [1.29, 1.82) is 0 Å². The van der Waals surface area contributed by atoms with E-state index in [1.807, 2.05) is 22.7 Å². The Morgan fingerprint density at radius 1 is 1.19 bits per heavy atom. The fourth-order valence-electron chi connectivity index (χ4n) is 3.36. The van der Waals surface area contributed by atoms with Gasteiger partial charge in [0.05, 0.1) is 6.54 Å². The average Bonchev–Trinajstić information content (AvgIpc) is 3.22. The van der Waals surface area contributed by atoms with Crippen molar-refractivity contribution in [1.82, 2.24) is 15.5 Å². The molecule has 1 aromatic rings. The van der Waals surface area contributed by atoms with Crippen LogP contribution in [0.25, 0.3) is 0 Å². The van der Waals surface area contributed by atoms with Crippen LogP contribution in [0.2, 0.25) is 0 Å². The smallest absolute Gasteiger partial charge is 0.242 e. The fraction of sp³-hybridized carbons (Fsp3) is 0.579. The van der Waals surface area contributed by atoms with Gasteiger partial charge in [-0.3, -0.25) is 9.79 Å². The van der Waals surface area contributed by atoms with Crippen LogP contribution in [0, 0.1) is 0 Å². The van der Waals surface area contributed by atoms with E-state index in [0.29, 0.717) is 17.8 Å². The molecular weight excluding hydrogens is 346 g/mol. The van der Waals surface area contributed by atoms with E-state index in [4.69, 9.17) is 0 Å². The lowest BCUT2D eigenvalue weighted by atomic mass is 10.2. The maximum Gasteiger partial charge on any atom is 0.242 e. The molecule has 0 radical (unpaired) electrons. The molecule has 7 heteroatoms. The second-order valence-corrected chi connectivity index (χ2v) is 8.05. The lowest BCUT2D eigenvalue weighted by Gasteiger charge is -2.36. The molecule has 2 N–H and O–H groups in total. The Morgan fingerprint density at radius 3 is 2.62 bits per heavy atom. The van der Waals surface area contributed by atoms with Crippen molar-refractivity contribution in [3.63, 3.8) is 0 Å². The average molecular weight is 376 g/mol. The Balaban J connectivity index is 1.38. The molecule has 0 aliphatic carbocycles. The molecule has 3 rings (SSSR count). The van der Waals surface area contributed by atoms with Gasteiger partial charge < -0.3 is 20.4 Å². The van der Waals surface area contributed by atoms with E-state index in [9.17, 15) is 4.79 Å². The van der Waals surface area contributed by atoms with Crippen LogP contribution in [0.1, 0.15) is 12.8 Å². The van der Waals surface area contributed by atoms with Gasteiger partial charge in [0.15, 0.2) is 5.96 Å². The zero-order chi connectivity index (χ0) is 18.2. The maximum absolute atomic E-state index is 12.5. The first-order valence-electron chi connectivity index (χ1n) is 9.40. The van der Waals surface area contributed by atoms with Crippen molar-refractivity contribution in [2.24, 2.45) is 4.99 Å². The number of nitrogens with zero attached hydrogens (tertiary/aromatic N) is 3. The normalized spacial score (nSPS) is 21.0. The number of aliphatic imine (C=N–C) groups is 1. The van der Waals surface area contributed by atoms with Crippen molar-refractivity contribution in [2.75, 3.05) is 57.0 Å². The lowest BCUT2D eigenvalue weighted by molar-refractivity contribution is -0.130. The van der Waals surface area contributed by atoms with Crippen LogP contribution >= 0.6 is 11.8 Å². The molecular formula is C19H29N5OS.